The zero-order valence-corrected chi connectivity index (χ0v) is 12.9. The topological polar surface area (TPSA) is 23.9 Å². The van der Waals surface area contributed by atoms with E-state index >= 15 is 0 Å². The van der Waals surface area contributed by atoms with Gasteiger partial charge < -0.3 is 5.41 Å². The van der Waals surface area contributed by atoms with Crippen molar-refractivity contribution >= 4 is 22.4 Å². The Balaban J connectivity index is 4.90. The Labute approximate surface area is 91.8 Å². The van der Waals surface area contributed by atoms with Gasteiger partial charge in [-0.2, -0.15) is 0 Å². The van der Waals surface area contributed by atoms with Gasteiger partial charge in [0.2, 0.25) is 0 Å². The van der Waals surface area contributed by atoms with E-state index in [0.717, 1.165) is 5.54 Å². The maximum atomic E-state index is 7.66. The summed E-state index contributed by atoms with van der Waals surface area (Å²) in [5.41, 5.74) is 1.38. The standard InChI is InChI=1S/C11H27NSi2/c1-8-10(13(2,3)4)11(9-12)14(5,6)7/h9-12H,8H2,1-7H3. The molecule has 0 aliphatic heterocycles. The van der Waals surface area contributed by atoms with Gasteiger partial charge in [-0.25, -0.2) is 0 Å². The lowest BCUT2D eigenvalue weighted by Crippen LogP contribution is -2.41. The lowest BCUT2D eigenvalue weighted by molar-refractivity contribution is 0.782. The van der Waals surface area contributed by atoms with Crippen LogP contribution >= 0.6 is 0 Å². The predicted octanol–water partition coefficient (Wildman–Crippen LogP) is 4.46. The maximum Gasteiger partial charge on any atom is 0.0533 e. The monoisotopic (exact) mass is 229 g/mol. The van der Waals surface area contributed by atoms with E-state index in [1.807, 2.05) is 0 Å². The number of hydrogen-bond acceptors (Lipinski definition) is 1. The summed E-state index contributed by atoms with van der Waals surface area (Å²) in [4.78, 5) is 0. The van der Waals surface area contributed by atoms with Gasteiger partial charge in [0.05, 0.1) is 8.07 Å². The summed E-state index contributed by atoms with van der Waals surface area (Å²) in [6.07, 6.45) is 3.00. The molecule has 1 nitrogen and oxygen atoms in total. The summed E-state index contributed by atoms with van der Waals surface area (Å²) in [6.45, 7) is 16.8. The minimum absolute atomic E-state index is 0.583. The van der Waals surface area contributed by atoms with Crippen molar-refractivity contribution in [3.05, 3.63) is 0 Å². The molecule has 0 fully saturated rings. The highest BCUT2D eigenvalue weighted by Gasteiger charge is 2.38. The summed E-state index contributed by atoms with van der Waals surface area (Å²) in [7, 11) is -2.29. The first kappa shape index (κ1) is 14.1. The molecule has 2 unspecified atom stereocenters. The Morgan fingerprint density at radius 1 is 1.00 bits per heavy atom. The number of hydrogen-bond donors (Lipinski definition) is 1. The Hall–Kier alpha value is 0.104. The van der Waals surface area contributed by atoms with E-state index in [4.69, 9.17) is 5.41 Å². The SMILES string of the molecule is CCC(C(C=N)[Si](C)(C)C)[Si](C)(C)C. The normalized spacial score (nSPS) is 17.6. The van der Waals surface area contributed by atoms with Gasteiger partial charge in [0, 0.05) is 8.07 Å². The van der Waals surface area contributed by atoms with Crippen molar-refractivity contribution in [2.75, 3.05) is 0 Å². The van der Waals surface area contributed by atoms with Crippen LogP contribution in [0.2, 0.25) is 50.4 Å². The van der Waals surface area contributed by atoms with Crippen LogP contribution in [0.25, 0.3) is 0 Å². The van der Waals surface area contributed by atoms with Gasteiger partial charge in [-0.15, -0.1) is 0 Å². The highest BCUT2D eigenvalue weighted by molar-refractivity contribution is 6.85. The van der Waals surface area contributed by atoms with Gasteiger partial charge in [0.25, 0.3) is 0 Å². The van der Waals surface area contributed by atoms with Crippen molar-refractivity contribution in [3.8, 4) is 0 Å². The van der Waals surface area contributed by atoms with Crippen LogP contribution in [0.1, 0.15) is 13.3 Å². The van der Waals surface area contributed by atoms with Gasteiger partial charge in [-0.3, -0.25) is 0 Å². The number of rotatable bonds is 5. The Kier molecular flexibility index (Phi) is 4.79. The molecule has 0 spiro atoms. The molecule has 0 rings (SSSR count). The van der Waals surface area contributed by atoms with E-state index in [1.165, 1.54) is 6.42 Å². The lowest BCUT2D eigenvalue weighted by Gasteiger charge is -2.39. The Morgan fingerprint density at radius 2 is 1.43 bits per heavy atom. The molecule has 3 heteroatoms. The molecule has 14 heavy (non-hydrogen) atoms. The molecule has 0 aromatic rings. The van der Waals surface area contributed by atoms with Gasteiger partial charge in [0.1, 0.15) is 0 Å². The first-order chi connectivity index (χ1) is 6.14. The molecular formula is C11H27NSi2. The fourth-order valence-electron chi connectivity index (χ4n) is 2.37. The largest absolute Gasteiger partial charge is 0.313 e. The van der Waals surface area contributed by atoms with E-state index in [0.29, 0.717) is 5.54 Å². The third-order valence-corrected chi connectivity index (χ3v) is 9.06. The molecule has 0 aromatic heterocycles. The van der Waals surface area contributed by atoms with Crippen LogP contribution in [0.4, 0.5) is 0 Å². The molecule has 0 heterocycles. The smallest absolute Gasteiger partial charge is 0.0533 e. The van der Waals surface area contributed by atoms with Crippen molar-refractivity contribution in [2.24, 2.45) is 0 Å². The minimum Gasteiger partial charge on any atom is -0.313 e. The molecular weight excluding hydrogens is 202 g/mol. The molecule has 0 saturated heterocycles. The average Bonchev–Trinajstić information content (AvgIpc) is 1.94. The van der Waals surface area contributed by atoms with Crippen LogP contribution in [0.3, 0.4) is 0 Å². The quantitative estimate of drug-likeness (QED) is 0.531. The predicted molar refractivity (Wildman–Crippen MR) is 73.3 cm³/mol. The molecule has 2 atom stereocenters. The fourth-order valence-corrected chi connectivity index (χ4v) is 9.72. The lowest BCUT2D eigenvalue weighted by atomic mass is 10.2. The second-order valence-corrected chi connectivity index (χ2v) is 17.3. The molecule has 0 aliphatic rings. The fraction of sp³-hybridized carbons (Fsp3) is 0.909. The Bertz CT molecular complexity index is 188. The van der Waals surface area contributed by atoms with Gasteiger partial charge >= 0.3 is 0 Å². The van der Waals surface area contributed by atoms with E-state index in [1.54, 1.807) is 6.21 Å². The van der Waals surface area contributed by atoms with Crippen LogP contribution in [0, 0.1) is 5.41 Å². The minimum atomic E-state index is -1.19. The van der Waals surface area contributed by atoms with E-state index in [2.05, 4.69) is 46.2 Å². The van der Waals surface area contributed by atoms with Gasteiger partial charge in [-0.1, -0.05) is 52.6 Å². The molecule has 0 bridgehead atoms. The van der Waals surface area contributed by atoms with E-state index < -0.39 is 16.1 Å². The third kappa shape index (κ3) is 3.69. The third-order valence-electron chi connectivity index (χ3n) is 3.17. The summed E-state index contributed by atoms with van der Waals surface area (Å²) in [5, 5.41) is 7.66. The van der Waals surface area contributed by atoms with Crippen LogP contribution in [-0.2, 0) is 0 Å². The second kappa shape index (κ2) is 4.75. The van der Waals surface area contributed by atoms with Crippen molar-refractivity contribution in [1.29, 1.82) is 5.41 Å². The zero-order chi connectivity index (χ0) is 11.6. The van der Waals surface area contributed by atoms with Crippen LogP contribution < -0.4 is 0 Å². The zero-order valence-electron chi connectivity index (χ0n) is 10.9. The second-order valence-electron chi connectivity index (χ2n) is 6.44. The first-order valence-electron chi connectivity index (χ1n) is 5.65. The summed E-state index contributed by atoms with van der Waals surface area (Å²) >= 11 is 0. The van der Waals surface area contributed by atoms with Crippen LogP contribution in [0.15, 0.2) is 0 Å². The molecule has 0 radical (unpaired) electrons. The van der Waals surface area contributed by atoms with E-state index in [9.17, 15) is 0 Å². The van der Waals surface area contributed by atoms with Crippen molar-refractivity contribution in [2.45, 2.75) is 63.7 Å². The Morgan fingerprint density at radius 3 is 1.50 bits per heavy atom. The molecule has 0 saturated carbocycles. The highest BCUT2D eigenvalue weighted by Crippen LogP contribution is 2.41. The van der Waals surface area contributed by atoms with Crippen molar-refractivity contribution < 1.29 is 0 Å². The van der Waals surface area contributed by atoms with Crippen LogP contribution in [-0.4, -0.2) is 22.4 Å². The van der Waals surface area contributed by atoms with Crippen molar-refractivity contribution in [1.82, 2.24) is 0 Å². The molecule has 0 aliphatic carbocycles. The van der Waals surface area contributed by atoms with Crippen molar-refractivity contribution in [3.63, 3.8) is 0 Å². The van der Waals surface area contributed by atoms with Crippen LogP contribution in [0.5, 0.6) is 0 Å². The summed E-state index contributed by atoms with van der Waals surface area (Å²) < 4.78 is 0. The maximum absolute atomic E-state index is 7.66. The first-order valence-corrected chi connectivity index (χ1v) is 12.8. The van der Waals surface area contributed by atoms with Gasteiger partial charge in [-0.05, 0) is 17.3 Å². The average molecular weight is 230 g/mol. The van der Waals surface area contributed by atoms with Gasteiger partial charge in [0.15, 0.2) is 0 Å². The highest BCUT2D eigenvalue weighted by atomic mass is 28.3. The van der Waals surface area contributed by atoms with E-state index in [-0.39, 0.29) is 0 Å². The summed E-state index contributed by atoms with van der Waals surface area (Å²) in [6, 6.07) is 0. The molecule has 1 N–H and O–H groups in total. The summed E-state index contributed by atoms with van der Waals surface area (Å²) in [5.74, 6) is 0. The number of nitrogens with one attached hydrogen (secondary N) is 1. The molecule has 0 aromatic carbocycles. The molecule has 84 valence electrons. The molecule has 0 amide bonds.